The fraction of sp³-hybridized carbons (Fsp3) is 0.571. The number of ether oxygens (including phenoxy) is 1. The summed E-state index contributed by atoms with van der Waals surface area (Å²) in [6.45, 7) is 1.41. The number of nitrogens with zero attached hydrogens (tertiary/aromatic N) is 1. The predicted octanol–water partition coefficient (Wildman–Crippen LogP) is 3.19. The molecule has 0 aromatic heterocycles. The van der Waals surface area contributed by atoms with Crippen molar-refractivity contribution in [2.45, 2.75) is 25.9 Å². The Morgan fingerprint density at radius 3 is 2.68 bits per heavy atom. The van der Waals surface area contributed by atoms with Crippen LogP contribution in [-0.2, 0) is 0 Å². The van der Waals surface area contributed by atoms with Crippen molar-refractivity contribution < 1.29 is 13.5 Å². The molecular weight excluding hydrogens is 250 g/mol. The van der Waals surface area contributed by atoms with Crippen molar-refractivity contribution >= 4 is 5.69 Å². The van der Waals surface area contributed by atoms with Gasteiger partial charge < -0.3 is 15.0 Å². The van der Waals surface area contributed by atoms with Gasteiger partial charge in [-0.2, -0.15) is 8.78 Å². The number of rotatable bonds is 7. The minimum Gasteiger partial charge on any atom is -0.433 e. The van der Waals surface area contributed by atoms with Gasteiger partial charge in [0.1, 0.15) is 5.75 Å². The molecule has 1 aromatic rings. The Hall–Kier alpha value is -1.36. The van der Waals surface area contributed by atoms with Crippen LogP contribution >= 0.6 is 0 Å². The molecule has 0 radical (unpaired) electrons. The first-order valence-electron chi connectivity index (χ1n) is 6.76. The topological polar surface area (TPSA) is 24.5 Å². The summed E-state index contributed by atoms with van der Waals surface area (Å²) in [4.78, 5) is 2.43. The Morgan fingerprint density at radius 1 is 1.21 bits per heavy atom. The van der Waals surface area contributed by atoms with Crippen molar-refractivity contribution in [1.82, 2.24) is 4.90 Å². The van der Waals surface area contributed by atoms with E-state index >= 15 is 0 Å². The van der Waals surface area contributed by atoms with Gasteiger partial charge in [0, 0.05) is 6.54 Å². The molecule has 1 heterocycles. The van der Waals surface area contributed by atoms with Gasteiger partial charge in [-0.1, -0.05) is 12.1 Å². The smallest absolute Gasteiger partial charge is 0.387 e. The lowest BCUT2D eigenvalue weighted by Crippen LogP contribution is -2.22. The average Bonchev–Trinajstić information content (AvgIpc) is 2.89. The zero-order valence-electron chi connectivity index (χ0n) is 10.9. The van der Waals surface area contributed by atoms with Crippen molar-refractivity contribution in [3.8, 4) is 5.75 Å². The number of likely N-dealkylation sites (tertiary alicyclic amines) is 1. The first-order valence-corrected chi connectivity index (χ1v) is 6.76. The monoisotopic (exact) mass is 270 g/mol. The van der Waals surface area contributed by atoms with Crippen LogP contribution in [0, 0.1) is 0 Å². The van der Waals surface area contributed by atoms with Gasteiger partial charge in [-0.25, -0.2) is 0 Å². The Labute approximate surface area is 112 Å². The molecule has 2 rings (SSSR count). The van der Waals surface area contributed by atoms with Gasteiger partial charge in [-0.05, 0) is 51.0 Å². The maximum atomic E-state index is 12.2. The fourth-order valence-corrected chi connectivity index (χ4v) is 2.34. The number of para-hydroxylation sites is 2. The lowest BCUT2D eigenvalue weighted by Gasteiger charge is -2.16. The second-order valence-electron chi connectivity index (χ2n) is 4.70. The van der Waals surface area contributed by atoms with Crippen LogP contribution in [-0.4, -0.2) is 37.7 Å². The highest BCUT2D eigenvalue weighted by atomic mass is 19.3. The molecule has 1 saturated heterocycles. The quantitative estimate of drug-likeness (QED) is 0.770. The summed E-state index contributed by atoms with van der Waals surface area (Å²) in [5.41, 5.74) is 0.629. The standard InChI is InChI=1S/C14H20F2N2O/c15-14(16)19-13-7-2-1-6-12(13)17-8-5-11-18-9-3-4-10-18/h1-2,6-7,14,17H,3-5,8-11H2. The maximum absolute atomic E-state index is 12.2. The molecule has 0 bridgehead atoms. The third-order valence-electron chi connectivity index (χ3n) is 3.27. The second kappa shape index (κ2) is 7.28. The number of nitrogens with one attached hydrogen (secondary N) is 1. The van der Waals surface area contributed by atoms with Crippen LogP contribution in [0.25, 0.3) is 0 Å². The van der Waals surface area contributed by atoms with Crippen LogP contribution in [0.3, 0.4) is 0 Å². The zero-order valence-corrected chi connectivity index (χ0v) is 10.9. The molecule has 0 aliphatic carbocycles. The van der Waals surface area contributed by atoms with E-state index in [-0.39, 0.29) is 5.75 Å². The van der Waals surface area contributed by atoms with Crippen LogP contribution in [0.15, 0.2) is 24.3 Å². The molecule has 0 atom stereocenters. The summed E-state index contributed by atoms with van der Waals surface area (Å²) in [5, 5.41) is 3.16. The van der Waals surface area contributed by atoms with E-state index in [0.717, 1.165) is 19.5 Å². The number of alkyl halides is 2. The first kappa shape index (κ1) is 14.1. The molecule has 106 valence electrons. The molecule has 1 aliphatic heterocycles. The van der Waals surface area contributed by atoms with E-state index in [4.69, 9.17) is 0 Å². The Morgan fingerprint density at radius 2 is 1.95 bits per heavy atom. The lowest BCUT2D eigenvalue weighted by atomic mass is 10.3. The van der Waals surface area contributed by atoms with Gasteiger partial charge >= 0.3 is 6.61 Å². The second-order valence-corrected chi connectivity index (χ2v) is 4.70. The van der Waals surface area contributed by atoms with Crippen molar-refractivity contribution in [2.75, 3.05) is 31.5 Å². The summed E-state index contributed by atoms with van der Waals surface area (Å²) in [5.74, 6) is 0.207. The summed E-state index contributed by atoms with van der Waals surface area (Å²) >= 11 is 0. The molecule has 1 N–H and O–H groups in total. The van der Waals surface area contributed by atoms with Gasteiger partial charge in [-0.15, -0.1) is 0 Å². The van der Waals surface area contributed by atoms with E-state index in [0.29, 0.717) is 5.69 Å². The number of hydrogen-bond donors (Lipinski definition) is 1. The molecule has 0 saturated carbocycles. The predicted molar refractivity (Wildman–Crippen MR) is 71.9 cm³/mol. The molecule has 1 aliphatic rings. The molecule has 5 heteroatoms. The molecule has 1 aromatic carbocycles. The largest absolute Gasteiger partial charge is 0.433 e. The Balaban J connectivity index is 1.75. The van der Waals surface area contributed by atoms with E-state index in [1.165, 1.54) is 25.9 Å². The SMILES string of the molecule is FC(F)Oc1ccccc1NCCCN1CCCC1. The van der Waals surface area contributed by atoms with E-state index in [2.05, 4.69) is 15.0 Å². The summed E-state index contributed by atoms with van der Waals surface area (Å²) in [6.07, 6.45) is 3.58. The van der Waals surface area contributed by atoms with Gasteiger partial charge in [-0.3, -0.25) is 0 Å². The number of benzene rings is 1. The molecule has 0 spiro atoms. The molecule has 0 unspecified atom stereocenters. The van der Waals surface area contributed by atoms with Crippen molar-refractivity contribution in [3.05, 3.63) is 24.3 Å². The van der Waals surface area contributed by atoms with E-state index in [1.807, 2.05) is 0 Å². The van der Waals surface area contributed by atoms with E-state index in [1.54, 1.807) is 24.3 Å². The third-order valence-corrected chi connectivity index (χ3v) is 3.27. The van der Waals surface area contributed by atoms with E-state index < -0.39 is 6.61 Å². The number of halogens is 2. The van der Waals surface area contributed by atoms with Crippen molar-refractivity contribution in [2.24, 2.45) is 0 Å². The highest BCUT2D eigenvalue weighted by Gasteiger charge is 2.11. The van der Waals surface area contributed by atoms with E-state index in [9.17, 15) is 8.78 Å². The summed E-state index contributed by atoms with van der Waals surface area (Å²) in [7, 11) is 0. The number of hydrogen-bond acceptors (Lipinski definition) is 3. The lowest BCUT2D eigenvalue weighted by molar-refractivity contribution is -0.0493. The van der Waals surface area contributed by atoms with Crippen LogP contribution in [0.5, 0.6) is 5.75 Å². The number of anilines is 1. The van der Waals surface area contributed by atoms with Crippen LogP contribution in [0.4, 0.5) is 14.5 Å². The average molecular weight is 270 g/mol. The normalized spacial score (nSPS) is 15.9. The highest BCUT2D eigenvalue weighted by molar-refractivity contribution is 5.56. The Bertz CT molecular complexity index is 381. The third kappa shape index (κ3) is 4.67. The Kier molecular flexibility index (Phi) is 5.39. The highest BCUT2D eigenvalue weighted by Crippen LogP contribution is 2.25. The summed E-state index contributed by atoms with van der Waals surface area (Å²) in [6, 6.07) is 6.80. The fourth-order valence-electron chi connectivity index (χ4n) is 2.34. The van der Waals surface area contributed by atoms with Crippen LogP contribution in [0.1, 0.15) is 19.3 Å². The van der Waals surface area contributed by atoms with Crippen LogP contribution < -0.4 is 10.1 Å². The van der Waals surface area contributed by atoms with Gasteiger partial charge in [0.2, 0.25) is 0 Å². The zero-order chi connectivity index (χ0) is 13.5. The van der Waals surface area contributed by atoms with Crippen LogP contribution in [0.2, 0.25) is 0 Å². The molecule has 0 amide bonds. The van der Waals surface area contributed by atoms with Crippen molar-refractivity contribution in [1.29, 1.82) is 0 Å². The summed E-state index contributed by atoms with van der Waals surface area (Å²) < 4.78 is 28.9. The van der Waals surface area contributed by atoms with Crippen molar-refractivity contribution in [3.63, 3.8) is 0 Å². The van der Waals surface area contributed by atoms with Gasteiger partial charge in [0.25, 0.3) is 0 Å². The molecular formula is C14H20F2N2O. The first-order chi connectivity index (χ1) is 9.25. The van der Waals surface area contributed by atoms with Gasteiger partial charge in [0.15, 0.2) is 0 Å². The molecule has 3 nitrogen and oxygen atoms in total. The maximum Gasteiger partial charge on any atom is 0.387 e. The van der Waals surface area contributed by atoms with Gasteiger partial charge in [0.05, 0.1) is 5.69 Å². The minimum atomic E-state index is -2.78. The molecule has 1 fully saturated rings. The minimum absolute atomic E-state index is 0.207. The molecule has 19 heavy (non-hydrogen) atoms.